The maximum Gasteiger partial charge on any atom is 0.243 e. The minimum absolute atomic E-state index is 0.0670. The number of aliphatic hydroxyl groups is 1. The molecule has 0 radical (unpaired) electrons. The minimum atomic E-state index is -1.02. The van der Waals surface area contributed by atoms with Crippen LogP contribution in [0.5, 0.6) is 0 Å². The minimum Gasteiger partial charge on any atom is -0.404 e. The fourth-order valence-corrected chi connectivity index (χ4v) is 3.81. The van der Waals surface area contributed by atoms with Gasteiger partial charge in [-0.3, -0.25) is 9.59 Å². The highest BCUT2D eigenvalue weighted by Crippen LogP contribution is 2.27. The molecular weight excluding hydrogens is 477 g/mol. The molecule has 4 rings (SSSR count). The molecule has 10 heteroatoms. The molecule has 1 aromatic carbocycles. The second-order valence-corrected chi connectivity index (χ2v) is 8.65. The van der Waals surface area contributed by atoms with Crippen LogP contribution < -0.4 is 16.0 Å². The Morgan fingerprint density at radius 1 is 1.43 bits per heavy atom. The summed E-state index contributed by atoms with van der Waals surface area (Å²) in [4.78, 5) is 30.9. The van der Waals surface area contributed by atoms with Gasteiger partial charge in [0.2, 0.25) is 18.3 Å². The zero-order valence-electron chi connectivity index (χ0n) is 20.8. The van der Waals surface area contributed by atoms with E-state index in [0.717, 1.165) is 29.7 Å². The van der Waals surface area contributed by atoms with Gasteiger partial charge in [-0.1, -0.05) is 24.0 Å². The Bertz CT molecular complexity index is 1250. The molecule has 0 aliphatic carbocycles. The van der Waals surface area contributed by atoms with Crippen LogP contribution in [-0.2, 0) is 27.2 Å². The number of allylic oxidation sites excluding steroid dienone is 1. The monoisotopic (exact) mass is 507 g/mol. The summed E-state index contributed by atoms with van der Waals surface area (Å²) in [5.74, 6) is 5.35. The number of hydrogen-bond acceptors (Lipinski definition) is 7. The number of hydrogen-bond donors (Lipinski definition) is 3. The summed E-state index contributed by atoms with van der Waals surface area (Å²) in [5, 5.41) is 13.0. The van der Waals surface area contributed by atoms with Gasteiger partial charge >= 0.3 is 0 Å². The average molecular weight is 508 g/mol. The number of carbonyl (C=O) groups is 2. The molecule has 0 bridgehead atoms. The van der Waals surface area contributed by atoms with E-state index in [1.807, 2.05) is 25.2 Å². The van der Waals surface area contributed by atoms with Gasteiger partial charge in [0.25, 0.3) is 0 Å². The highest BCUT2D eigenvalue weighted by Gasteiger charge is 2.34. The smallest absolute Gasteiger partial charge is 0.243 e. The van der Waals surface area contributed by atoms with Gasteiger partial charge in [0.1, 0.15) is 0 Å². The van der Waals surface area contributed by atoms with E-state index in [1.54, 1.807) is 24.1 Å². The zero-order chi connectivity index (χ0) is 26.8. The van der Waals surface area contributed by atoms with E-state index in [4.69, 9.17) is 10.5 Å². The van der Waals surface area contributed by atoms with E-state index < -0.39 is 11.5 Å². The number of carbonyl (C=O) groups excluding carboxylic acids is 2. The summed E-state index contributed by atoms with van der Waals surface area (Å²) in [5.41, 5.74) is 8.07. The molecule has 1 aromatic heterocycles. The van der Waals surface area contributed by atoms with Crippen LogP contribution in [0, 0.1) is 17.8 Å². The third-order valence-corrected chi connectivity index (χ3v) is 5.99. The molecule has 194 valence electrons. The molecule has 1 saturated heterocycles. The zero-order valence-corrected chi connectivity index (χ0v) is 20.8. The number of rotatable bonds is 5. The summed E-state index contributed by atoms with van der Waals surface area (Å²) in [6.45, 7) is 0.514. The number of benzene rings is 1. The van der Waals surface area contributed by atoms with Crippen molar-refractivity contribution in [3.8, 4) is 11.8 Å². The Morgan fingerprint density at radius 2 is 2.22 bits per heavy atom. The number of anilines is 1. The van der Waals surface area contributed by atoms with Gasteiger partial charge in [-0.25, -0.2) is 9.98 Å². The van der Waals surface area contributed by atoms with Crippen LogP contribution >= 0.6 is 0 Å². The summed E-state index contributed by atoms with van der Waals surface area (Å²) in [7, 11) is 3.60. The summed E-state index contributed by atoms with van der Waals surface area (Å²) >= 11 is 0. The van der Waals surface area contributed by atoms with Crippen molar-refractivity contribution in [2.75, 3.05) is 32.2 Å². The van der Waals surface area contributed by atoms with Crippen LogP contribution in [0.4, 0.5) is 10.1 Å². The molecule has 1 atom stereocenters. The van der Waals surface area contributed by atoms with E-state index in [0.29, 0.717) is 17.5 Å². The molecule has 2 aromatic rings. The number of nitrogens with one attached hydrogen (secondary N) is 1. The topological polar surface area (TPSA) is 130 Å². The van der Waals surface area contributed by atoms with Crippen molar-refractivity contribution in [1.29, 1.82) is 0 Å². The summed E-state index contributed by atoms with van der Waals surface area (Å²) < 4.78 is 18.1. The first-order valence-electron chi connectivity index (χ1n) is 11.7. The predicted molar refractivity (Wildman–Crippen MR) is 138 cm³/mol. The van der Waals surface area contributed by atoms with Crippen molar-refractivity contribution < 1.29 is 23.8 Å². The Balaban J connectivity index is 0.000000222. The number of ether oxygens (including phenoxy) is 1. The van der Waals surface area contributed by atoms with Crippen LogP contribution in [0.1, 0.15) is 23.1 Å². The Kier molecular flexibility index (Phi) is 9.63. The molecule has 9 nitrogen and oxygen atoms in total. The predicted octanol–water partition coefficient (Wildman–Crippen LogP) is 1.13. The molecular formula is C27H30FN5O4. The lowest BCUT2D eigenvalue weighted by Gasteiger charge is -2.30. The van der Waals surface area contributed by atoms with Crippen LogP contribution in [0.3, 0.4) is 0 Å². The SMILES string of the molecule is CNC1CCc2ccc(C#CC3(O)COC3)cc2N(C)C1=O.N/C=C(\C=NC=O)Cc1cccnc1F. The highest BCUT2D eigenvalue weighted by atomic mass is 19.1. The number of nitrogens with zero attached hydrogens (tertiary/aromatic N) is 3. The Labute approximate surface area is 215 Å². The van der Waals surface area contributed by atoms with E-state index >= 15 is 0 Å². The van der Waals surface area contributed by atoms with Crippen molar-refractivity contribution in [3.63, 3.8) is 0 Å². The number of likely N-dealkylation sites (N-methyl/N-ethyl adjacent to an activating group) is 2. The van der Waals surface area contributed by atoms with E-state index in [1.165, 1.54) is 18.6 Å². The Hall–Kier alpha value is -3.91. The number of aryl methyl sites for hydroxylation is 1. The van der Waals surface area contributed by atoms with Crippen LogP contribution in [0.2, 0.25) is 0 Å². The Morgan fingerprint density at radius 3 is 2.84 bits per heavy atom. The van der Waals surface area contributed by atoms with E-state index in [-0.39, 0.29) is 31.6 Å². The largest absolute Gasteiger partial charge is 0.404 e. The number of pyridine rings is 1. The first-order valence-corrected chi connectivity index (χ1v) is 11.7. The second-order valence-electron chi connectivity index (χ2n) is 8.65. The molecule has 2 aliphatic heterocycles. The van der Waals surface area contributed by atoms with Crippen molar-refractivity contribution >= 4 is 24.2 Å². The standard InChI is InChI=1S/C17H20N2O3.C10H10FN3O/c1-18-14-6-5-13-4-3-12(7-8-17(21)10-22-11-17)9-15(13)19(2)16(14)20;11-10-9(2-1-3-14-10)4-8(5-12)6-13-7-15/h3-4,9,14,18,21H,5-6,10-11H2,1-2H3;1-3,5-7H,4,12H2/b;8-5-,13-6?. The first-order chi connectivity index (χ1) is 17.8. The molecule has 1 unspecified atom stereocenters. The van der Waals surface area contributed by atoms with Gasteiger partial charge in [0, 0.05) is 42.7 Å². The fraction of sp³-hybridized carbons (Fsp3) is 0.333. The number of aliphatic imine (C=N–C) groups is 1. The van der Waals surface area contributed by atoms with Gasteiger partial charge in [-0.15, -0.1) is 0 Å². The lowest BCUT2D eigenvalue weighted by atomic mass is 10.0. The van der Waals surface area contributed by atoms with Crippen molar-refractivity contribution in [1.82, 2.24) is 10.3 Å². The molecule has 37 heavy (non-hydrogen) atoms. The lowest BCUT2D eigenvalue weighted by molar-refractivity contribution is -0.140. The molecule has 2 aliphatic rings. The average Bonchev–Trinajstić information content (AvgIpc) is 3.01. The van der Waals surface area contributed by atoms with Gasteiger partial charge in [0.05, 0.1) is 19.3 Å². The van der Waals surface area contributed by atoms with Gasteiger partial charge < -0.3 is 25.8 Å². The molecule has 1 fully saturated rings. The second kappa shape index (κ2) is 12.9. The molecule has 2 amide bonds. The third kappa shape index (κ3) is 7.30. The van der Waals surface area contributed by atoms with Gasteiger partial charge in [-0.05, 0) is 55.4 Å². The van der Waals surface area contributed by atoms with Gasteiger partial charge in [-0.2, -0.15) is 4.39 Å². The van der Waals surface area contributed by atoms with Crippen LogP contribution in [0.15, 0.2) is 53.3 Å². The number of nitrogens with two attached hydrogens (primary N) is 1. The molecule has 4 N–H and O–H groups in total. The van der Waals surface area contributed by atoms with E-state index in [9.17, 15) is 19.1 Å². The van der Waals surface area contributed by atoms with Crippen molar-refractivity contribution in [3.05, 3.63) is 70.9 Å². The summed E-state index contributed by atoms with van der Waals surface area (Å²) in [6, 6.07) is 8.94. The van der Waals surface area contributed by atoms with Gasteiger partial charge in [0.15, 0.2) is 5.60 Å². The van der Waals surface area contributed by atoms with Crippen molar-refractivity contribution in [2.45, 2.75) is 30.9 Å². The third-order valence-electron chi connectivity index (χ3n) is 5.99. The first kappa shape index (κ1) is 27.7. The maximum absolute atomic E-state index is 13.1. The number of aromatic nitrogens is 1. The lowest BCUT2D eigenvalue weighted by Crippen LogP contribution is -2.48. The quantitative estimate of drug-likeness (QED) is 0.239. The van der Waals surface area contributed by atoms with Crippen LogP contribution in [-0.4, -0.2) is 67.6 Å². The maximum atomic E-state index is 13.1. The van der Waals surface area contributed by atoms with E-state index in [2.05, 4.69) is 27.1 Å². The molecule has 0 spiro atoms. The molecule has 3 heterocycles. The number of amides is 2. The van der Waals surface area contributed by atoms with Crippen LogP contribution in [0.25, 0.3) is 0 Å². The normalized spacial score (nSPS) is 18.5. The van der Waals surface area contributed by atoms with Crippen molar-refractivity contribution in [2.24, 2.45) is 10.7 Å². The highest BCUT2D eigenvalue weighted by molar-refractivity contribution is 5.98. The summed E-state index contributed by atoms with van der Waals surface area (Å²) in [6.07, 6.45) is 6.22. The molecule has 0 saturated carbocycles. The fourth-order valence-electron chi connectivity index (χ4n) is 3.81. The number of halogens is 1. The number of fused-ring (bicyclic) bond motifs is 1.